The van der Waals surface area contributed by atoms with Gasteiger partial charge in [-0.1, -0.05) is 22.0 Å². The van der Waals surface area contributed by atoms with Gasteiger partial charge in [0.05, 0.1) is 5.56 Å². The minimum absolute atomic E-state index is 0.125. The van der Waals surface area contributed by atoms with Gasteiger partial charge < -0.3 is 4.90 Å². The van der Waals surface area contributed by atoms with E-state index in [0.717, 1.165) is 25.2 Å². The molecule has 2 aromatic rings. The van der Waals surface area contributed by atoms with Gasteiger partial charge in [0.15, 0.2) is 0 Å². The lowest BCUT2D eigenvalue weighted by Crippen LogP contribution is -2.48. The average Bonchev–Trinajstić information content (AvgIpc) is 2.58. The molecule has 1 saturated heterocycles. The van der Waals surface area contributed by atoms with Crippen molar-refractivity contribution in [2.24, 2.45) is 0 Å². The van der Waals surface area contributed by atoms with Gasteiger partial charge in [-0.05, 0) is 29.8 Å². The van der Waals surface area contributed by atoms with Gasteiger partial charge in [0, 0.05) is 49.6 Å². The van der Waals surface area contributed by atoms with Crippen LogP contribution in [0.4, 0.5) is 4.39 Å². The molecular formula is C17H17BrFN3O. The lowest BCUT2D eigenvalue weighted by atomic mass is 10.1. The molecule has 23 heavy (non-hydrogen) atoms. The summed E-state index contributed by atoms with van der Waals surface area (Å²) < 4.78 is 14.6. The summed E-state index contributed by atoms with van der Waals surface area (Å²) in [6.45, 7) is 3.57. The number of carbonyl (C=O) groups excluding carboxylic acids is 1. The van der Waals surface area contributed by atoms with E-state index < -0.39 is 5.82 Å². The first-order valence-electron chi connectivity index (χ1n) is 7.49. The summed E-state index contributed by atoms with van der Waals surface area (Å²) in [6, 6.07) is 8.42. The normalized spacial score (nSPS) is 15.7. The number of aromatic nitrogens is 1. The first kappa shape index (κ1) is 16.1. The number of hydrogen-bond acceptors (Lipinski definition) is 3. The maximum atomic E-state index is 13.9. The van der Waals surface area contributed by atoms with Crippen molar-refractivity contribution in [1.29, 1.82) is 0 Å². The number of benzene rings is 1. The van der Waals surface area contributed by atoms with Crippen molar-refractivity contribution >= 4 is 21.8 Å². The Balaban J connectivity index is 1.60. The van der Waals surface area contributed by atoms with Gasteiger partial charge in [0.25, 0.3) is 5.91 Å². The number of hydrogen-bond donors (Lipinski definition) is 0. The molecule has 1 aliphatic heterocycles. The Kier molecular flexibility index (Phi) is 5.03. The fourth-order valence-electron chi connectivity index (χ4n) is 2.69. The van der Waals surface area contributed by atoms with Crippen LogP contribution in [0.5, 0.6) is 0 Å². The summed E-state index contributed by atoms with van der Waals surface area (Å²) in [6.07, 6.45) is 3.61. The number of halogens is 2. The van der Waals surface area contributed by atoms with Crippen molar-refractivity contribution in [2.75, 3.05) is 26.2 Å². The van der Waals surface area contributed by atoms with Crippen LogP contribution in [0, 0.1) is 5.82 Å². The van der Waals surface area contributed by atoms with Crippen LogP contribution >= 0.6 is 15.9 Å². The molecule has 2 heterocycles. The molecule has 3 rings (SSSR count). The number of pyridine rings is 1. The highest BCUT2D eigenvalue weighted by Gasteiger charge is 2.24. The predicted octanol–water partition coefficient (Wildman–Crippen LogP) is 2.94. The second-order valence-electron chi connectivity index (χ2n) is 5.55. The van der Waals surface area contributed by atoms with Crippen molar-refractivity contribution in [2.45, 2.75) is 6.54 Å². The molecule has 0 bridgehead atoms. The fourth-order valence-corrected chi connectivity index (χ4v) is 3.05. The molecule has 1 amide bonds. The van der Waals surface area contributed by atoms with Crippen LogP contribution in [0.25, 0.3) is 0 Å². The van der Waals surface area contributed by atoms with Crippen LogP contribution in [0.3, 0.4) is 0 Å². The third kappa shape index (κ3) is 3.95. The van der Waals surface area contributed by atoms with Gasteiger partial charge in [-0.2, -0.15) is 0 Å². The second-order valence-corrected chi connectivity index (χ2v) is 6.47. The van der Waals surface area contributed by atoms with Crippen LogP contribution in [-0.2, 0) is 6.54 Å². The minimum Gasteiger partial charge on any atom is -0.336 e. The summed E-state index contributed by atoms with van der Waals surface area (Å²) >= 11 is 3.28. The SMILES string of the molecule is O=C(c1cc(Br)ccc1F)N1CCN(Cc2cccnc2)CC1. The van der Waals surface area contributed by atoms with Gasteiger partial charge in [0.2, 0.25) is 0 Å². The number of carbonyl (C=O) groups is 1. The lowest BCUT2D eigenvalue weighted by Gasteiger charge is -2.34. The molecule has 1 aromatic heterocycles. The molecule has 120 valence electrons. The minimum atomic E-state index is -0.476. The highest BCUT2D eigenvalue weighted by molar-refractivity contribution is 9.10. The zero-order valence-electron chi connectivity index (χ0n) is 12.6. The van der Waals surface area contributed by atoms with Crippen molar-refractivity contribution in [3.05, 3.63) is 64.1 Å². The van der Waals surface area contributed by atoms with Crippen LogP contribution in [0.1, 0.15) is 15.9 Å². The molecule has 1 fully saturated rings. The van der Waals surface area contributed by atoms with E-state index in [9.17, 15) is 9.18 Å². The molecule has 0 saturated carbocycles. The summed E-state index contributed by atoms with van der Waals surface area (Å²) in [5.74, 6) is -0.721. The van der Waals surface area contributed by atoms with E-state index in [1.807, 2.05) is 18.3 Å². The molecule has 0 spiro atoms. The first-order chi connectivity index (χ1) is 11.1. The maximum Gasteiger partial charge on any atom is 0.256 e. The third-order valence-electron chi connectivity index (χ3n) is 3.95. The molecule has 6 heteroatoms. The smallest absolute Gasteiger partial charge is 0.256 e. The topological polar surface area (TPSA) is 36.4 Å². The predicted molar refractivity (Wildman–Crippen MR) is 89.5 cm³/mol. The number of nitrogens with zero attached hydrogens (tertiary/aromatic N) is 3. The first-order valence-corrected chi connectivity index (χ1v) is 8.28. The Morgan fingerprint density at radius 1 is 1.22 bits per heavy atom. The molecule has 0 radical (unpaired) electrons. The molecular weight excluding hydrogens is 361 g/mol. The standard InChI is InChI=1S/C17H17BrFN3O/c18-14-3-4-16(19)15(10-14)17(23)22-8-6-21(7-9-22)12-13-2-1-5-20-11-13/h1-5,10-11H,6-9,12H2. The van der Waals surface area contributed by atoms with Crippen LogP contribution in [0.15, 0.2) is 47.2 Å². The molecule has 0 N–H and O–H groups in total. The zero-order chi connectivity index (χ0) is 16.2. The summed E-state index contributed by atoms with van der Waals surface area (Å²) in [7, 11) is 0. The molecule has 0 aliphatic carbocycles. The Morgan fingerprint density at radius 3 is 2.70 bits per heavy atom. The van der Waals surface area contributed by atoms with Gasteiger partial charge in [-0.25, -0.2) is 4.39 Å². The summed E-state index contributed by atoms with van der Waals surface area (Å²) in [4.78, 5) is 20.6. The Morgan fingerprint density at radius 2 is 2.00 bits per heavy atom. The van der Waals surface area contributed by atoms with Gasteiger partial charge in [-0.15, -0.1) is 0 Å². The number of amides is 1. The van der Waals surface area contributed by atoms with E-state index in [4.69, 9.17) is 0 Å². The summed E-state index contributed by atoms with van der Waals surface area (Å²) in [5, 5.41) is 0. The van der Waals surface area contributed by atoms with Crippen LogP contribution in [0.2, 0.25) is 0 Å². The van der Waals surface area contributed by atoms with E-state index in [2.05, 4.69) is 25.8 Å². The highest BCUT2D eigenvalue weighted by Crippen LogP contribution is 2.18. The molecule has 4 nitrogen and oxygen atoms in total. The Bertz CT molecular complexity index is 687. The Hall–Kier alpha value is -1.79. The maximum absolute atomic E-state index is 13.9. The molecule has 1 aliphatic rings. The quantitative estimate of drug-likeness (QED) is 0.824. The third-order valence-corrected chi connectivity index (χ3v) is 4.44. The lowest BCUT2D eigenvalue weighted by molar-refractivity contribution is 0.0623. The van der Waals surface area contributed by atoms with Gasteiger partial charge >= 0.3 is 0 Å². The van der Waals surface area contributed by atoms with Crippen molar-refractivity contribution in [3.63, 3.8) is 0 Å². The largest absolute Gasteiger partial charge is 0.336 e. The van der Waals surface area contributed by atoms with Crippen molar-refractivity contribution in [3.8, 4) is 0 Å². The van der Waals surface area contributed by atoms with Gasteiger partial charge in [0.1, 0.15) is 5.82 Å². The van der Waals surface area contributed by atoms with E-state index in [-0.39, 0.29) is 11.5 Å². The second kappa shape index (κ2) is 7.19. The zero-order valence-corrected chi connectivity index (χ0v) is 14.2. The van der Waals surface area contributed by atoms with Crippen LogP contribution < -0.4 is 0 Å². The molecule has 0 unspecified atom stereocenters. The highest BCUT2D eigenvalue weighted by atomic mass is 79.9. The van der Waals surface area contributed by atoms with Gasteiger partial charge in [-0.3, -0.25) is 14.7 Å². The summed E-state index contributed by atoms with van der Waals surface area (Å²) in [5.41, 5.74) is 1.28. The molecule has 1 aromatic carbocycles. The monoisotopic (exact) mass is 377 g/mol. The van der Waals surface area contributed by atoms with Crippen LogP contribution in [-0.4, -0.2) is 46.9 Å². The van der Waals surface area contributed by atoms with E-state index in [0.29, 0.717) is 17.6 Å². The fraction of sp³-hybridized carbons (Fsp3) is 0.294. The van der Waals surface area contributed by atoms with Crippen molar-refractivity contribution in [1.82, 2.24) is 14.8 Å². The van der Waals surface area contributed by atoms with E-state index in [1.165, 1.54) is 6.07 Å². The van der Waals surface area contributed by atoms with E-state index >= 15 is 0 Å². The van der Waals surface area contributed by atoms with E-state index in [1.54, 1.807) is 23.2 Å². The number of piperazine rings is 1. The van der Waals surface area contributed by atoms with Crippen molar-refractivity contribution < 1.29 is 9.18 Å². The Labute approximate surface area is 143 Å². The molecule has 0 atom stereocenters. The number of rotatable bonds is 3. The average molecular weight is 378 g/mol.